The summed E-state index contributed by atoms with van der Waals surface area (Å²) in [6.45, 7) is 6.02. The molecule has 0 aliphatic heterocycles. The molecular weight excluding hydrogens is 148 g/mol. The molecule has 0 radical (unpaired) electrons. The summed E-state index contributed by atoms with van der Waals surface area (Å²) in [4.78, 5) is 10.6. The predicted molar refractivity (Wildman–Crippen MR) is 50.4 cm³/mol. The fraction of sp³-hybridized carbons (Fsp3) is 0.364. The van der Waals surface area contributed by atoms with Crippen molar-refractivity contribution < 1.29 is 4.79 Å². The van der Waals surface area contributed by atoms with Crippen LogP contribution in [0.15, 0.2) is 18.2 Å². The lowest BCUT2D eigenvalue weighted by Crippen LogP contribution is -2.00. The normalized spacial score (nSPS) is 12.6. The molecule has 1 nitrogen and oxygen atoms in total. The number of hydrogen-bond acceptors (Lipinski definition) is 1. The zero-order valence-corrected chi connectivity index (χ0v) is 7.79. The maximum absolute atomic E-state index is 10.6. The van der Waals surface area contributed by atoms with Gasteiger partial charge in [-0.2, -0.15) is 0 Å². The second-order valence-corrected chi connectivity index (χ2v) is 3.23. The van der Waals surface area contributed by atoms with Crippen LogP contribution in [0.4, 0.5) is 0 Å². The summed E-state index contributed by atoms with van der Waals surface area (Å²) in [5.74, 6) is 0.0196. The molecule has 0 aliphatic rings. The molecule has 1 heteroatoms. The van der Waals surface area contributed by atoms with Crippen LogP contribution < -0.4 is 0 Å². The lowest BCUT2D eigenvalue weighted by Gasteiger charge is -2.11. The molecule has 0 amide bonds. The Labute approximate surface area is 73.4 Å². The van der Waals surface area contributed by atoms with E-state index >= 15 is 0 Å². The molecule has 0 bridgehead atoms. The van der Waals surface area contributed by atoms with Gasteiger partial charge >= 0.3 is 0 Å². The average Bonchev–Trinajstić information content (AvgIpc) is 2.03. The molecule has 0 aromatic heterocycles. The summed E-state index contributed by atoms with van der Waals surface area (Å²) in [6.07, 6.45) is 0.995. The van der Waals surface area contributed by atoms with E-state index in [0.717, 1.165) is 6.29 Å². The van der Waals surface area contributed by atoms with Crippen LogP contribution in [-0.4, -0.2) is 6.29 Å². The molecule has 0 heterocycles. The number of rotatable bonds is 2. The van der Waals surface area contributed by atoms with E-state index in [4.69, 9.17) is 0 Å². The van der Waals surface area contributed by atoms with Crippen LogP contribution in [0.3, 0.4) is 0 Å². The Morgan fingerprint density at radius 3 is 2.17 bits per heavy atom. The van der Waals surface area contributed by atoms with Crippen LogP contribution in [-0.2, 0) is 4.79 Å². The van der Waals surface area contributed by atoms with Crippen molar-refractivity contribution in [3.05, 3.63) is 34.9 Å². The van der Waals surface area contributed by atoms with E-state index in [1.165, 1.54) is 16.7 Å². The first-order valence-corrected chi connectivity index (χ1v) is 4.18. The first-order valence-electron chi connectivity index (χ1n) is 4.18. The zero-order chi connectivity index (χ0) is 9.14. The summed E-state index contributed by atoms with van der Waals surface area (Å²) in [6, 6.07) is 6.11. The van der Waals surface area contributed by atoms with Crippen LogP contribution in [0, 0.1) is 13.8 Å². The smallest absolute Gasteiger partial charge is 0.127 e. The lowest BCUT2D eigenvalue weighted by molar-refractivity contribution is -0.108. The van der Waals surface area contributed by atoms with Crippen LogP contribution in [0.5, 0.6) is 0 Å². The number of carbonyl (C=O) groups excluding carboxylic acids is 1. The third-order valence-electron chi connectivity index (χ3n) is 2.20. The Kier molecular flexibility index (Phi) is 2.64. The van der Waals surface area contributed by atoms with E-state index in [9.17, 15) is 4.79 Å². The van der Waals surface area contributed by atoms with Gasteiger partial charge in [0.15, 0.2) is 0 Å². The lowest BCUT2D eigenvalue weighted by atomic mass is 9.93. The van der Waals surface area contributed by atoms with Crippen molar-refractivity contribution in [3.8, 4) is 0 Å². The first kappa shape index (κ1) is 8.98. The number of carbonyl (C=O) groups is 1. The SMILES string of the molecule is Cc1cccc(C)c1C(C)C=O. The number of hydrogen-bond donors (Lipinski definition) is 0. The van der Waals surface area contributed by atoms with E-state index < -0.39 is 0 Å². The van der Waals surface area contributed by atoms with Crippen molar-refractivity contribution in [1.29, 1.82) is 0 Å². The molecular formula is C11H14O. The molecule has 64 valence electrons. The monoisotopic (exact) mass is 162 g/mol. The molecule has 1 atom stereocenters. The third-order valence-corrected chi connectivity index (χ3v) is 2.20. The highest BCUT2D eigenvalue weighted by atomic mass is 16.1. The molecule has 1 unspecified atom stereocenters. The second-order valence-electron chi connectivity index (χ2n) is 3.23. The quantitative estimate of drug-likeness (QED) is 0.611. The van der Waals surface area contributed by atoms with Crippen molar-refractivity contribution in [2.45, 2.75) is 26.7 Å². The summed E-state index contributed by atoms with van der Waals surface area (Å²) < 4.78 is 0. The number of aldehydes is 1. The first-order chi connectivity index (χ1) is 5.66. The number of aryl methyl sites for hydroxylation is 2. The maximum Gasteiger partial charge on any atom is 0.127 e. The van der Waals surface area contributed by atoms with Gasteiger partial charge in [0.05, 0.1) is 0 Å². The molecule has 0 saturated carbocycles. The van der Waals surface area contributed by atoms with Gasteiger partial charge in [-0.05, 0) is 30.5 Å². The molecule has 12 heavy (non-hydrogen) atoms. The van der Waals surface area contributed by atoms with Gasteiger partial charge in [0, 0.05) is 5.92 Å². The van der Waals surface area contributed by atoms with E-state index in [-0.39, 0.29) is 5.92 Å². The standard InChI is InChI=1S/C11H14O/c1-8-5-4-6-9(2)11(8)10(3)7-12/h4-7,10H,1-3H3. The van der Waals surface area contributed by atoms with Gasteiger partial charge in [0.25, 0.3) is 0 Å². The molecule has 0 saturated heterocycles. The van der Waals surface area contributed by atoms with E-state index in [2.05, 4.69) is 0 Å². The Hall–Kier alpha value is -1.11. The largest absolute Gasteiger partial charge is 0.303 e. The molecule has 1 aromatic carbocycles. The summed E-state index contributed by atoms with van der Waals surface area (Å²) in [7, 11) is 0. The molecule has 1 rings (SSSR count). The van der Waals surface area contributed by atoms with Gasteiger partial charge in [-0.3, -0.25) is 0 Å². The topological polar surface area (TPSA) is 17.1 Å². The molecule has 0 spiro atoms. The highest BCUT2D eigenvalue weighted by Crippen LogP contribution is 2.21. The third kappa shape index (κ3) is 1.55. The van der Waals surface area contributed by atoms with Gasteiger partial charge < -0.3 is 4.79 Å². The minimum absolute atomic E-state index is 0.0196. The van der Waals surface area contributed by atoms with Gasteiger partial charge in [-0.1, -0.05) is 25.1 Å². The van der Waals surface area contributed by atoms with Crippen molar-refractivity contribution in [2.24, 2.45) is 0 Å². The number of benzene rings is 1. The van der Waals surface area contributed by atoms with Gasteiger partial charge in [-0.25, -0.2) is 0 Å². The fourth-order valence-electron chi connectivity index (χ4n) is 1.61. The van der Waals surface area contributed by atoms with Crippen molar-refractivity contribution in [2.75, 3.05) is 0 Å². The van der Waals surface area contributed by atoms with Crippen LogP contribution in [0.1, 0.15) is 29.5 Å². The highest BCUT2D eigenvalue weighted by Gasteiger charge is 2.08. The predicted octanol–water partition coefficient (Wildman–Crippen LogP) is 2.61. The highest BCUT2D eigenvalue weighted by molar-refractivity contribution is 5.63. The van der Waals surface area contributed by atoms with Crippen LogP contribution in [0.2, 0.25) is 0 Å². The zero-order valence-electron chi connectivity index (χ0n) is 7.79. The minimum atomic E-state index is 0.0196. The average molecular weight is 162 g/mol. The van der Waals surface area contributed by atoms with Crippen molar-refractivity contribution >= 4 is 6.29 Å². The second kappa shape index (κ2) is 3.53. The Morgan fingerprint density at radius 2 is 1.75 bits per heavy atom. The Morgan fingerprint density at radius 1 is 1.25 bits per heavy atom. The Balaban J connectivity index is 3.20. The van der Waals surface area contributed by atoms with Crippen LogP contribution >= 0.6 is 0 Å². The fourth-order valence-corrected chi connectivity index (χ4v) is 1.61. The summed E-state index contributed by atoms with van der Waals surface area (Å²) in [5.41, 5.74) is 3.58. The minimum Gasteiger partial charge on any atom is -0.303 e. The maximum atomic E-state index is 10.6. The van der Waals surface area contributed by atoms with E-state index in [1.807, 2.05) is 39.0 Å². The van der Waals surface area contributed by atoms with E-state index in [1.54, 1.807) is 0 Å². The van der Waals surface area contributed by atoms with Gasteiger partial charge in [-0.15, -0.1) is 0 Å². The van der Waals surface area contributed by atoms with E-state index in [0.29, 0.717) is 0 Å². The molecule has 0 fully saturated rings. The summed E-state index contributed by atoms with van der Waals surface area (Å²) in [5, 5.41) is 0. The van der Waals surface area contributed by atoms with Crippen molar-refractivity contribution in [1.82, 2.24) is 0 Å². The molecule has 0 N–H and O–H groups in total. The van der Waals surface area contributed by atoms with Crippen molar-refractivity contribution in [3.63, 3.8) is 0 Å². The van der Waals surface area contributed by atoms with Gasteiger partial charge in [0.1, 0.15) is 6.29 Å². The van der Waals surface area contributed by atoms with Crippen LogP contribution in [0.25, 0.3) is 0 Å². The Bertz CT molecular complexity index is 269. The summed E-state index contributed by atoms with van der Waals surface area (Å²) >= 11 is 0. The van der Waals surface area contributed by atoms with Gasteiger partial charge in [0.2, 0.25) is 0 Å². The molecule has 1 aromatic rings. The molecule has 0 aliphatic carbocycles.